The maximum Gasteiger partial charge on any atom is 0.272 e. The van der Waals surface area contributed by atoms with Crippen molar-refractivity contribution in [3.63, 3.8) is 0 Å². The molecule has 21 heavy (non-hydrogen) atoms. The van der Waals surface area contributed by atoms with E-state index >= 15 is 0 Å². The lowest BCUT2D eigenvalue weighted by atomic mass is 10.1. The van der Waals surface area contributed by atoms with Gasteiger partial charge in [-0.2, -0.15) is 0 Å². The van der Waals surface area contributed by atoms with E-state index in [4.69, 9.17) is 0 Å². The van der Waals surface area contributed by atoms with Gasteiger partial charge in [0, 0.05) is 12.2 Å². The van der Waals surface area contributed by atoms with Crippen LogP contribution in [0, 0.1) is 6.92 Å². The first-order chi connectivity index (χ1) is 10.2. The number of fused-ring (bicyclic) bond motifs is 1. The predicted octanol–water partition coefficient (Wildman–Crippen LogP) is 2.14. The normalized spacial score (nSPS) is 10.7. The van der Waals surface area contributed by atoms with Gasteiger partial charge in [-0.15, -0.1) is 0 Å². The number of rotatable bonds is 3. The van der Waals surface area contributed by atoms with Crippen molar-refractivity contribution in [2.75, 3.05) is 5.32 Å². The summed E-state index contributed by atoms with van der Waals surface area (Å²) in [4.78, 5) is 23.7. The van der Waals surface area contributed by atoms with Crippen molar-refractivity contribution in [2.24, 2.45) is 0 Å². The summed E-state index contributed by atoms with van der Waals surface area (Å²) in [5.74, 6) is 0. The third kappa shape index (κ3) is 2.45. The molecule has 0 fully saturated rings. The van der Waals surface area contributed by atoms with E-state index in [1.807, 2.05) is 31.2 Å². The third-order valence-electron chi connectivity index (χ3n) is 3.56. The molecule has 0 spiro atoms. The van der Waals surface area contributed by atoms with Crippen molar-refractivity contribution >= 4 is 16.5 Å². The van der Waals surface area contributed by atoms with Crippen molar-refractivity contribution in [1.82, 2.24) is 10.2 Å². The standard InChI is InChI=1S/C16H15N3O2/c1-10-5-2-3-6-11(10)9-17-13-8-4-7-12-14(13)16(21)19-18-15(12)20/h2-8,17H,9H2,1H3,(H,18,20)(H,19,21). The van der Waals surface area contributed by atoms with Crippen LogP contribution in [0.2, 0.25) is 0 Å². The molecule has 106 valence electrons. The second kappa shape index (κ2) is 5.28. The Balaban J connectivity index is 2.02. The number of aromatic nitrogens is 2. The average molecular weight is 281 g/mol. The van der Waals surface area contributed by atoms with E-state index in [2.05, 4.69) is 15.5 Å². The Hall–Kier alpha value is -2.82. The van der Waals surface area contributed by atoms with Crippen LogP contribution in [-0.2, 0) is 6.54 Å². The molecule has 3 N–H and O–H groups in total. The number of H-pyrrole nitrogens is 2. The van der Waals surface area contributed by atoms with Gasteiger partial charge in [0.1, 0.15) is 0 Å². The van der Waals surface area contributed by atoms with Crippen LogP contribution in [0.5, 0.6) is 0 Å². The number of aromatic amines is 2. The van der Waals surface area contributed by atoms with Crippen LogP contribution in [0.15, 0.2) is 52.1 Å². The number of aryl methyl sites for hydroxylation is 1. The van der Waals surface area contributed by atoms with E-state index in [0.717, 1.165) is 5.56 Å². The van der Waals surface area contributed by atoms with Crippen LogP contribution < -0.4 is 16.4 Å². The highest BCUT2D eigenvalue weighted by atomic mass is 16.1. The first kappa shape index (κ1) is 13.2. The summed E-state index contributed by atoms with van der Waals surface area (Å²) in [5, 5.41) is 8.70. The van der Waals surface area contributed by atoms with Gasteiger partial charge in [-0.05, 0) is 30.2 Å². The SMILES string of the molecule is Cc1ccccc1CNc1cccc2c(=O)[nH][nH]c(=O)c12. The third-order valence-corrected chi connectivity index (χ3v) is 3.56. The summed E-state index contributed by atoms with van der Waals surface area (Å²) in [6.07, 6.45) is 0. The van der Waals surface area contributed by atoms with Crippen molar-refractivity contribution in [2.45, 2.75) is 13.5 Å². The molecule has 0 amide bonds. The largest absolute Gasteiger partial charge is 0.380 e. The number of nitrogens with one attached hydrogen (secondary N) is 3. The maximum atomic E-state index is 12.0. The number of benzene rings is 2. The summed E-state index contributed by atoms with van der Waals surface area (Å²) in [6.45, 7) is 2.63. The zero-order chi connectivity index (χ0) is 14.8. The molecule has 0 aliphatic rings. The fourth-order valence-electron chi connectivity index (χ4n) is 2.38. The second-order valence-corrected chi connectivity index (χ2v) is 4.92. The Morgan fingerprint density at radius 1 is 0.952 bits per heavy atom. The molecule has 5 nitrogen and oxygen atoms in total. The topological polar surface area (TPSA) is 77.8 Å². The molecule has 0 unspecified atom stereocenters. The molecule has 3 aromatic rings. The zero-order valence-electron chi connectivity index (χ0n) is 11.6. The smallest absolute Gasteiger partial charge is 0.272 e. The lowest BCUT2D eigenvalue weighted by Gasteiger charge is -2.10. The van der Waals surface area contributed by atoms with Gasteiger partial charge < -0.3 is 5.32 Å². The molecule has 5 heteroatoms. The van der Waals surface area contributed by atoms with Crippen LogP contribution in [0.1, 0.15) is 11.1 Å². The molecule has 0 bridgehead atoms. The van der Waals surface area contributed by atoms with E-state index in [9.17, 15) is 9.59 Å². The molecule has 0 atom stereocenters. The molecular formula is C16H15N3O2. The van der Waals surface area contributed by atoms with Crippen molar-refractivity contribution in [3.05, 3.63) is 74.3 Å². The van der Waals surface area contributed by atoms with Gasteiger partial charge >= 0.3 is 0 Å². The molecule has 0 radical (unpaired) electrons. The predicted molar refractivity (Wildman–Crippen MR) is 83.7 cm³/mol. The minimum Gasteiger partial charge on any atom is -0.380 e. The molecule has 0 saturated carbocycles. The Morgan fingerprint density at radius 3 is 2.52 bits per heavy atom. The van der Waals surface area contributed by atoms with Crippen molar-refractivity contribution < 1.29 is 0 Å². The fraction of sp³-hybridized carbons (Fsp3) is 0.125. The first-order valence-electron chi connectivity index (χ1n) is 6.69. The summed E-state index contributed by atoms with van der Waals surface area (Å²) in [6, 6.07) is 13.2. The van der Waals surface area contributed by atoms with E-state index < -0.39 is 0 Å². The molecule has 0 saturated heterocycles. The van der Waals surface area contributed by atoms with E-state index in [-0.39, 0.29) is 11.1 Å². The monoisotopic (exact) mass is 281 g/mol. The van der Waals surface area contributed by atoms with Crippen LogP contribution >= 0.6 is 0 Å². The minimum absolute atomic E-state index is 0.302. The van der Waals surface area contributed by atoms with Gasteiger partial charge in [-0.25, -0.2) is 0 Å². The molecule has 2 aromatic carbocycles. The Kier molecular flexibility index (Phi) is 3.31. The van der Waals surface area contributed by atoms with Crippen molar-refractivity contribution in [1.29, 1.82) is 0 Å². The molecular weight excluding hydrogens is 266 g/mol. The van der Waals surface area contributed by atoms with Gasteiger partial charge in [-0.1, -0.05) is 30.3 Å². The summed E-state index contributed by atoms with van der Waals surface area (Å²) in [7, 11) is 0. The van der Waals surface area contributed by atoms with E-state index in [1.54, 1.807) is 18.2 Å². The molecule has 3 rings (SSSR count). The summed E-state index contributed by atoms with van der Waals surface area (Å²) < 4.78 is 0. The van der Waals surface area contributed by atoms with Gasteiger partial charge in [0.05, 0.1) is 10.8 Å². The first-order valence-corrected chi connectivity index (χ1v) is 6.69. The number of hydrogen-bond acceptors (Lipinski definition) is 3. The fourth-order valence-corrected chi connectivity index (χ4v) is 2.38. The Labute approximate surface area is 120 Å². The van der Waals surface area contributed by atoms with Crippen LogP contribution in [0.3, 0.4) is 0 Å². The lowest BCUT2D eigenvalue weighted by Crippen LogP contribution is -2.20. The summed E-state index contributed by atoms with van der Waals surface area (Å²) in [5.41, 5.74) is 2.37. The highest BCUT2D eigenvalue weighted by molar-refractivity contribution is 5.92. The number of anilines is 1. The molecule has 1 aromatic heterocycles. The Morgan fingerprint density at radius 2 is 1.71 bits per heavy atom. The lowest BCUT2D eigenvalue weighted by molar-refractivity contribution is 0.976. The van der Waals surface area contributed by atoms with Crippen molar-refractivity contribution in [3.8, 4) is 0 Å². The number of hydrogen-bond donors (Lipinski definition) is 3. The highest BCUT2D eigenvalue weighted by Crippen LogP contribution is 2.18. The van der Waals surface area contributed by atoms with Gasteiger partial charge in [-0.3, -0.25) is 19.8 Å². The maximum absolute atomic E-state index is 12.0. The van der Waals surface area contributed by atoms with Gasteiger partial charge in [0.25, 0.3) is 11.1 Å². The van der Waals surface area contributed by atoms with Crippen LogP contribution in [0.4, 0.5) is 5.69 Å². The average Bonchev–Trinajstić information content (AvgIpc) is 2.50. The quantitative estimate of drug-likeness (QED) is 0.688. The zero-order valence-corrected chi connectivity index (χ0v) is 11.6. The second-order valence-electron chi connectivity index (χ2n) is 4.92. The van der Waals surface area contributed by atoms with Crippen LogP contribution in [0.25, 0.3) is 10.8 Å². The highest BCUT2D eigenvalue weighted by Gasteiger charge is 2.08. The van der Waals surface area contributed by atoms with E-state index in [0.29, 0.717) is 23.0 Å². The molecule has 0 aliphatic carbocycles. The molecule has 1 heterocycles. The molecule has 0 aliphatic heterocycles. The van der Waals surface area contributed by atoms with Gasteiger partial charge in [0.2, 0.25) is 0 Å². The van der Waals surface area contributed by atoms with Crippen LogP contribution in [-0.4, -0.2) is 10.2 Å². The van der Waals surface area contributed by atoms with Gasteiger partial charge in [0.15, 0.2) is 0 Å². The summed E-state index contributed by atoms with van der Waals surface area (Å²) >= 11 is 0. The van der Waals surface area contributed by atoms with E-state index in [1.165, 1.54) is 5.56 Å². The minimum atomic E-state index is -0.308. The Bertz CT molecular complexity index is 909.